The van der Waals surface area contributed by atoms with Crippen LogP contribution < -0.4 is 0 Å². The topological polar surface area (TPSA) is 81.2 Å². The molecule has 0 fully saturated rings. The largest absolute Gasteiger partial charge is 0.477 e. The summed E-state index contributed by atoms with van der Waals surface area (Å²) in [5.41, 5.74) is 2.51. The van der Waals surface area contributed by atoms with Crippen LogP contribution in [0, 0.1) is 6.92 Å². The van der Waals surface area contributed by atoms with E-state index in [9.17, 15) is 4.79 Å². The van der Waals surface area contributed by atoms with E-state index < -0.39 is 5.97 Å². The Morgan fingerprint density at radius 1 is 1.27 bits per heavy atom. The van der Waals surface area contributed by atoms with Crippen molar-refractivity contribution in [3.05, 3.63) is 59.6 Å². The zero-order valence-electron chi connectivity index (χ0n) is 11.8. The highest BCUT2D eigenvalue weighted by atomic mass is 16.5. The van der Waals surface area contributed by atoms with E-state index in [0.29, 0.717) is 11.5 Å². The van der Waals surface area contributed by atoms with Crippen molar-refractivity contribution in [1.29, 1.82) is 0 Å². The van der Waals surface area contributed by atoms with E-state index in [2.05, 4.69) is 10.3 Å². The van der Waals surface area contributed by atoms with Crippen molar-refractivity contribution in [2.75, 3.05) is 0 Å². The second kappa shape index (κ2) is 5.69. The molecular formula is C16H13N3O3. The second-order valence-electron chi connectivity index (χ2n) is 4.65. The molecule has 1 aromatic carbocycles. The maximum absolute atomic E-state index is 11.1. The molecule has 0 atom stereocenters. The van der Waals surface area contributed by atoms with Crippen LogP contribution in [0.2, 0.25) is 0 Å². The molecule has 2 heterocycles. The molecule has 0 spiro atoms. The number of carboxylic acids is 1. The van der Waals surface area contributed by atoms with Crippen LogP contribution in [-0.4, -0.2) is 26.0 Å². The van der Waals surface area contributed by atoms with Gasteiger partial charge in [0.15, 0.2) is 5.69 Å². The summed E-state index contributed by atoms with van der Waals surface area (Å²) >= 11 is 0. The number of hydrogen-bond acceptors (Lipinski definition) is 4. The molecule has 0 aliphatic carbocycles. The lowest BCUT2D eigenvalue weighted by Gasteiger charge is -1.99. The molecule has 22 heavy (non-hydrogen) atoms. The number of nitrogens with zero attached hydrogens (tertiary/aromatic N) is 3. The van der Waals surface area contributed by atoms with Crippen LogP contribution in [0.4, 0.5) is 0 Å². The number of aromatic carboxylic acids is 1. The third kappa shape index (κ3) is 2.54. The van der Waals surface area contributed by atoms with Crippen molar-refractivity contribution in [3.63, 3.8) is 0 Å². The quantitative estimate of drug-likeness (QED) is 0.799. The van der Waals surface area contributed by atoms with Crippen LogP contribution in [-0.2, 0) is 0 Å². The highest BCUT2D eigenvalue weighted by Crippen LogP contribution is 2.26. The van der Waals surface area contributed by atoms with Crippen molar-refractivity contribution < 1.29 is 14.4 Å². The van der Waals surface area contributed by atoms with Gasteiger partial charge in [-0.25, -0.2) is 9.48 Å². The molecule has 0 saturated heterocycles. The minimum atomic E-state index is -1.03. The Bertz CT molecular complexity index is 831. The van der Waals surface area contributed by atoms with Crippen molar-refractivity contribution in [3.8, 4) is 11.3 Å². The average molecular weight is 295 g/mol. The fourth-order valence-corrected chi connectivity index (χ4v) is 2.13. The third-order valence-corrected chi connectivity index (χ3v) is 3.23. The number of aryl methyl sites for hydroxylation is 1. The highest BCUT2D eigenvalue weighted by molar-refractivity contribution is 5.87. The van der Waals surface area contributed by atoms with Crippen LogP contribution in [0.15, 0.2) is 47.1 Å². The van der Waals surface area contributed by atoms with Crippen LogP contribution in [0.3, 0.4) is 0 Å². The van der Waals surface area contributed by atoms with Crippen LogP contribution in [0.5, 0.6) is 0 Å². The molecule has 0 bridgehead atoms. The summed E-state index contributed by atoms with van der Waals surface area (Å²) in [4.78, 5) is 11.1. The average Bonchev–Trinajstić information content (AvgIpc) is 3.12. The highest BCUT2D eigenvalue weighted by Gasteiger charge is 2.13. The van der Waals surface area contributed by atoms with Gasteiger partial charge in [-0.15, -0.1) is 0 Å². The zero-order valence-corrected chi connectivity index (χ0v) is 11.8. The molecule has 0 amide bonds. The first-order chi connectivity index (χ1) is 10.7. The Morgan fingerprint density at radius 3 is 2.77 bits per heavy atom. The Balaban J connectivity index is 1.99. The summed E-state index contributed by atoms with van der Waals surface area (Å²) in [5, 5.41) is 17.1. The Hall–Kier alpha value is -3.15. The van der Waals surface area contributed by atoms with Gasteiger partial charge in [0.1, 0.15) is 11.5 Å². The summed E-state index contributed by atoms with van der Waals surface area (Å²) in [6.07, 6.45) is 4.76. The predicted molar refractivity (Wildman–Crippen MR) is 81.1 cm³/mol. The van der Waals surface area contributed by atoms with Gasteiger partial charge in [0.05, 0.1) is 6.20 Å². The monoisotopic (exact) mass is 295 g/mol. The fourth-order valence-electron chi connectivity index (χ4n) is 2.13. The van der Waals surface area contributed by atoms with E-state index >= 15 is 0 Å². The van der Waals surface area contributed by atoms with Gasteiger partial charge < -0.3 is 9.63 Å². The maximum Gasteiger partial charge on any atom is 0.354 e. The molecule has 0 unspecified atom stereocenters. The van der Waals surface area contributed by atoms with E-state index in [-0.39, 0.29) is 5.69 Å². The summed E-state index contributed by atoms with van der Waals surface area (Å²) in [7, 11) is 0. The molecule has 0 radical (unpaired) electrons. The molecule has 0 aliphatic rings. The summed E-state index contributed by atoms with van der Waals surface area (Å²) in [6, 6.07) is 11.1. The minimum absolute atomic E-state index is 0.0895. The van der Waals surface area contributed by atoms with Crippen LogP contribution >= 0.6 is 0 Å². The van der Waals surface area contributed by atoms with Gasteiger partial charge in [-0.05, 0) is 19.1 Å². The SMILES string of the molecule is Cc1onc(-c2ccccc2)c1C=Cn1nccc1C(=O)O. The second-order valence-corrected chi connectivity index (χ2v) is 4.65. The van der Waals surface area contributed by atoms with Crippen LogP contribution in [0.1, 0.15) is 21.8 Å². The lowest BCUT2D eigenvalue weighted by molar-refractivity contribution is 0.0687. The van der Waals surface area contributed by atoms with E-state index in [4.69, 9.17) is 9.63 Å². The van der Waals surface area contributed by atoms with Gasteiger partial charge in [-0.1, -0.05) is 35.5 Å². The lowest BCUT2D eigenvalue weighted by atomic mass is 10.1. The van der Waals surface area contributed by atoms with Crippen molar-refractivity contribution in [1.82, 2.24) is 14.9 Å². The fraction of sp³-hybridized carbons (Fsp3) is 0.0625. The van der Waals surface area contributed by atoms with E-state index in [1.165, 1.54) is 16.9 Å². The number of carboxylic acid groups (broad SMARTS) is 1. The Labute approximate surface area is 126 Å². The predicted octanol–water partition coefficient (Wildman–Crippen LogP) is 3.17. The van der Waals surface area contributed by atoms with Crippen LogP contribution in [0.25, 0.3) is 23.5 Å². The van der Waals surface area contributed by atoms with Gasteiger partial charge in [0.25, 0.3) is 0 Å². The number of hydrogen-bond donors (Lipinski definition) is 1. The first kappa shape index (κ1) is 13.8. The Kier molecular flexibility index (Phi) is 3.57. The van der Waals surface area contributed by atoms with Gasteiger partial charge in [-0.3, -0.25) is 0 Å². The minimum Gasteiger partial charge on any atom is -0.477 e. The molecule has 3 rings (SSSR count). The standard InChI is InChI=1S/C16H13N3O3/c1-11-13(8-10-19-14(16(20)21)7-9-17-19)15(18-22-11)12-5-3-2-4-6-12/h2-10H,1H3,(H,20,21). The molecule has 0 aliphatic heterocycles. The van der Waals surface area contributed by atoms with E-state index in [1.54, 1.807) is 19.2 Å². The van der Waals surface area contributed by atoms with Gasteiger partial charge in [0.2, 0.25) is 0 Å². The molecule has 6 heteroatoms. The van der Waals surface area contributed by atoms with Crippen molar-refractivity contribution >= 4 is 18.2 Å². The molecule has 6 nitrogen and oxygen atoms in total. The first-order valence-electron chi connectivity index (χ1n) is 6.63. The molecular weight excluding hydrogens is 282 g/mol. The van der Waals surface area contributed by atoms with Gasteiger partial charge in [-0.2, -0.15) is 5.10 Å². The third-order valence-electron chi connectivity index (χ3n) is 3.23. The number of rotatable bonds is 4. The van der Waals surface area contributed by atoms with E-state index in [1.807, 2.05) is 30.3 Å². The summed E-state index contributed by atoms with van der Waals surface area (Å²) in [6.45, 7) is 1.81. The number of aromatic nitrogens is 3. The normalized spacial score (nSPS) is 11.1. The first-order valence-corrected chi connectivity index (χ1v) is 6.63. The van der Waals surface area contributed by atoms with Crippen molar-refractivity contribution in [2.24, 2.45) is 0 Å². The smallest absolute Gasteiger partial charge is 0.354 e. The molecule has 3 aromatic rings. The lowest BCUT2D eigenvalue weighted by Crippen LogP contribution is -2.04. The molecule has 2 aromatic heterocycles. The van der Waals surface area contributed by atoms with Crippen molar-refractivity contribution in [2.45, 2.75) is 6.92 Å². The van der Waals surface area contributed by atoms with Gasteiger partial charge in [0, 0.05) is 17.3 Å². The van der Waals surface area contributed by atoms with E-state index in [0.717, 1.165) is 11.1 Å². The Morgan fingerprint density at radius 2 is 2.05 bits per heavy atom. The summed E-state index contributed by atoms with van der Waals surface area (Å²) < 4.78 is 6.55. The number of carbonyl (C=O) groups is 1. The molecule has 0 saturated carbocycles. The summed E-state index contributed by atoms with van der Waals surface area (Å²) in [5.74, 6) is -0.383. The van der Waals surface area contributed by atoms with Gasteiger partial charge >= 0.3 is 5.97 Å². The maximum atomic E-state index is 11.1. The molecule has 1 N–H and O–H groups in total. The number of benzene rings is 1. The molecule has 110 valence electrons. The zero-order chi connectivity index (χ0) is 15.5.